The van der Waals surface area contributed by atoms with E-state index in [2.05, 4.69) is 4.98 Å². The number of likely N-dealkylation sites (N-methyl/N-ethyl adjacent to an activating group) is 1. The Bertz CT molecular complexity index is 747. The second-order valence-electron chi connectivity index (χ2n) is 4.74. The molecule has 0 saturated carbocycles. The Morgan fingerprint density at radius 1 is 1.18 bits per heavy atom. The summed E-state index contributed by atoms with van der Waals surface area (Å²) < 4.78 is 5.05. The SMILES string of the molecule is CCN(CC)C(=O)COC(=O)c1cc(=O)[nH]c2ccccc12. The van der Waals surface area contributed by atoms with Crippen LogP contribution in [0, 0.1) is 0 Å². The van der Waals surface area contributed by atoms with Gasteiger partial charge in [-0.05, 0) is 19.9 Å². The first-order valence-corrected chi connectivity index (χ1v) is 7.13. The highest BCUT2D eigenvalue weighted by Crippen LogP contribution is 2.15. The average molecular weight is 302 g/mol. The molecule has 0 aliphatic carbocycles. The van der Waals surface area contributed by atoms with Crippen LogP contribution in [0.1, 0.15) is 24.2 Å². The van der Waals surface area contributed by atoms with Crippen LogP contribution in [0.25, 0.3) is 10.9 Å². The molecule has 1 heterocycles. The second kappa shape index (κ2) is 6.89. The van der Waals surface area contributed by atoms with Gasteiger partial charge >= 0.3 is 5.97 Å². The van der Waals surface area contributed by atoms with E-state index in [1.165, 1.54) is 6.07 Å². The van der Waals surface area contributed by atoms with Gasteiger partial charge in [-0.2, -0.15) is 0 Å². The van der Waals surface area contributed by atoms with Gasteiger partial charge in [-0.25, -0.2) is 4.79 Å². The van der Waals surface area contributed by atoms with Crippen molar-refractivity contribution in [3.05, 3.63) is 46.2 Å². The Morgan fingerprint density at radius 3 is 2.55 bits per heavy atom. The standard InChI is InChI=1S/C16H18N2O4/c1-3-18(4-2)15(20)10-22-16(21)12-9-14(19)17-13-8-6-5-7-11(12)13/h5-9H,3-4,10H2,1-2H3,(H,17,19). The van der Waals surface area contributed by atoms with Crippen molar-refractivity contribution in [3.8, 4) is 0 Å². The number of pyridine rings is 1. The van der Waals surface area contributed by atoms with Crippen LogP contribution in [0.4, 0.5) is 0 Å². The number of hydrogen-bond donors (Lipinski definition) is 1. The summed E-state index contributed by atoms with van der Waals surface area (Å²) >= 11 is 0. The third kappa shape index (κ3) is 3.33. The second-order valence-corrected chi connectivity index (χ2v) is 4.74. The van der Waals surface area contributed by atoms with Gasteiger partial charge in [0.05, 0.1) is 5.56 Å². The van der Waals surface area contributed by atoms with Crippen molar-refractivity contribution >= 4 is 22.8 Å². The number of aromatic nitrogens is 1. The summed E-state index contributed by atoms with van der Waals surface area (Å²) in [6, 6.07) is 8.13. The number of carbonyl (C=O) groups excluding carboxylic acids is 2. The zero-order valence-corrected chi connectivity index (χ0v) is 12.6. The fourth-order valence-electron chi connectivity index (χ4n) is 2.25. The number of rotatable bonds is 5. The van der Waals surface area contributed by atoms with E-state index in [1.807, 2.05) is 13.8 Å². The Balaban J connectivity index is 2.20. The molecule has 6 heteroatoms. The first kappa shape index (κ1) is 15.8. The van der Waals surface area contributed by atoms with Gasteiger partial charge in [-0.15, -0.1) is 0 Å². The molecule has 0 radical (unpaired) electrons. The predicted molar refractivity (Wildman–Crippen MR) is 82.8 cm³/mol. The first-order valence-electron chi connectivity index (χ1n) is 7.13. The minimum Gasteiger partial charge on any atom is -0.452 e. The van der Waals surface area contributed by atoms with Crippen molar-refractivity contribution in [1.82, 2.24) is 9.88 Å². The molecule has 0 aliphatic heterocycles. The molecule has 6 nitrogen and oxygen atoms in total. The number of aromatic amines is 1. The summed E-state index contributed by atoms with van der Waals surface area (Å²) in [5.41, 5.74) is 0.324. The molecule has 0 unspecified atom stereocenters. The van der Waals surface area contributed by atoms with Gasteiger partial charge in [0.1, 0.15) is 0 Å². The number of esters is 1. The molecule has 0 saturated heterocycles. The van der Waals surface area contributed by atoms with Crippen LogP contribution in [0.5, 0.6) is 0 Å². The summed E-state index contributed by atoms with van der Waals surface area (Å²) in [7, 11) is 0. The van der Waals surface area contributed by atoms with Gasteiger partial charge in [0, 0.05) is 30.1 Å². The Hall–Kier alpha value is -2.63. The van der Waals surface area contributed by atoms with Gasteiger partial charge < -0.3 is 14.6 Å². The number of benzene rings is 1. The van der Waals surface area contributed by atoms with Gasteiger partial charge in [-0.3, -0.25) is 9.59 Å². The number of carbonyl (C=O) groups is 2. The van der Waals surface area contributed by atoms with Crippen LogP contribution in [-0.2, 0) is 9.53 Å². The van der Waals surface area contributed by atoms with Crippen molar-refractivity contribution in [1.29, 1.82) is 0 Å². The predicted octanol–water partition coefficient (Wildman–Crippen LogP) is 1.55. The minimum atomic E-state index is -0.678. The van der Waals surface area contributed by atoms with E-state index in [0.29, 0.717) is 24.0 Å². The number of hydrogen-bond acceptors (Lipinski definition) is 4. The van der Waals surface area contributed by atoms with Gasteiger partial charge in [-0.1, -0.05) is 18.2 Å². The minimum absolute atomic E-state index is 0.159. The van der Waals surface area contributed by atoms with Crippen LogP contribution in [0.15, 0.2) is 35.1 Å². The molecule has 0 spiro atoms. The van der Waals surface area contributed by atoms with Crippen molar-refractivity contribution in [2.75, 3.05) is 19.7 Å². The quantitative estimate of drug-likeness (QED) is 0.850. The van der Waals surface area contributed by atoms with Gasteiger partial charge in [0.2, 0.25) is 5.56 Å². The molecule has 0 atom stereocenters. The van der Waals surface area contributed by atoms with Gasteiger partial charge in [0.25, 0.3) is 5.91 Å². The number of para-hydroxylation sites is 1. The van der Waals surface area contributed by atoms with Crippen LogP contribution >= 0.6 is 0 Å². The van der Waals surface area contributed by atoms with Crippen LogP contribution < -0.4 is 5.56 Å². The van der Waals surface area contributed by atoms with Crippen LogP contribution in [0.2, 0.25) is 0 Å². The molecule has 1 N–H and O–H groups in total. The number of nitrogens with zero attached hydrogens (tertiary/aromatic N) is 1. The smallest absolute Gasteiger partial charge is 0.339 e. The fraction of sp³-hybridized carbons (Fsp3) is 0.312. The lowest BCUT2D eigenvalue weighted by atomic mass is 10.1. The highest BCUT2D eigenvalue weighted by atomic mass is 16.5. The molecule has 0 aliphatic rings. The average Bonchev–Trinajstić information content (AvgIpc) is 2.52. The molecule has 2 aromatic rings. The summed E-state index contributed by atoms with van der Waals surface area (Å²) in [4.78, 5) is 39.9. The Morgan fingerprint density at radius 2 is 1.86 bits per heavy atom. The zero-order valence-electron chi connectivity index (χ0n) is 12.6. The molecule has 1 aromatic heterocycles. The van der Waals surface area contributed by atoms with Crippen molar-refractivity contribution < 1.29 is 14.3 Å². The summed E-state index contributed by atoms with van der Waals surface area (Å²) in [5.74, 6) is -0.935. The van der Waals surface area contributed by atoms with Crippen molar-refractivity contribution in [2.45, 2.75) is 13.8 Å². The third-order valence-electron chi connectivity index (χ3n) is 3.41. The normalized spacial score (nSPS) is 10.5. The molecule has 0 bridgehead atoms. The lowest BCUT2D eigenvalue weighted by Crippen LogP contribution is -2.34. The summed E-state index contributed by atoms with van der Waals surface area (Å²) in [6.45, 7) is 4.49. The van der Waals surface area contributed by atoms with Gasteiger partial charge in [0.15, 0.2) is 6.61 Å². The fourth-order valence-corrected chi connectivity index (χ4v) is 2.25. The number of H-pyrrole nitrogens is 1. The van der Waals surface area contributed by atoms with Crippen molar-refractivity contribution in [3.63, 3.8) is 0 Å². The molecule has 22 heavy (non-hydrogen) atoms. The number of amides is 1. The molecule has 0 fully saturated rings. The summed E-state index contributed by atoms with van der Waals surface area (Å²) in [6.07, 6.45) is 0. The van der Waals surface area contributed by atoms with E-state index in [0.717, 1.165) is 0 Å². The maximum Gasteiger partial charge on any atom is 0.339 e. The molecule has 2 rings (SSSR count). The van der Waals surface area contributed by atoms with E-state index in [4.69, 9.17) is 4.74 Å². The topological polar surface area (TPSA) is 79.5 Å². The molecule has 1 aromatic carbocycles. The lowest BCUT2D eigenvalue weighted by Gasteiger charge is -2.18. The Labute approximate surface area is 127 Å². The monoisotopic (exact) mass is 302 g/mol. The van der Waals surface area contributed by atoms with E-state index < -0.39 is 5.97 Å². The highest BCUT2D eigenvalue weighted by molar-refractivity contribution is 6.03. The molecule has 116 valence electrons. The van der Waals surface area contributed by atoms with Crippen LogP contribution in [-0.4, -0.2) is 41.5 Å². The Kier molecular flexibility index (Phi) is 4.93. The maximum absolute atomic E-state index is 12.2. The molecular weight excluding hydrogens is 284 g/mol. The largest absolute Gasteiger partial charge is 0.452 e. The molecular formula is C16H18N2O4. The van der Waals surface area contributed by atoms with E-state index in [9.17, 15) is 14.4 Å². The number of nitrogens with one attached hydrogen (secondary N) is 1. The summed E-state index contributed by atoms with van der Waals surface area (Å²) in [5, 5.41) is 0.586. The highest BCUT2D eigenvalue weighted by Gasteiger charge is 2.16. The van der Waals surface area contributed by atoms with E-state index in [1.54, 1.807) is 29.2 Å². The van der Waals surface area contributed by atoms with Crippen molar-refractivity contribution in [2.24, 2.45) is 0 Å². The number of fused-ring (bicyclic) bond motifs is 1. The van der Waals surface area contributed by atoms with E-state index in [-0.39, 0.29) is 23.6 Å². The first-order chi connectivity index (χ1) is 10.6. The maximum atomic E-state index is 12.2. The van der Waals surface area contributed by atoms with E-state index >= 15 is 0 Å². The zero-order chi connectivity index (χ0) is 16.1. The molecule has 1 amide bonds. The number of ether oxygens (including phenoxy) is 1. The third-order valence-corrected chi connectivity index (χ3v) is 3.41. The lowest BCUT2D eigenvalue weighted by molar-refractivity contribution is -0.134. The van der Waals surface area contributed by atoms with Crippen LogP contribution in [0.3, 0.4) is 0 Å².